The van der Waals surface area contributed by atoms with Crippen LogP contribution < -0.4 is 10.1 Å². The maximum atomic E-state index is 5.42. The molecule has 0 atom stereocenters. The van der Waals surface area contributed by atoms with E-state index in [9.17, 15) is 0 Å². The summed E-state index contributed by atoms with van der Waals surface area (Å²) in [5.41, 5.74) is 0. The van der Waals surface area contributed by atoms with Crippen LogP contribution >= 0.6 is 0 Å². The first kappa shape index (κ1) is 11.0. The van der Waals surface area contributed by atoms with Gasteiger partial charge in [0.1, 0.15) is 6.61 Å². The van der Waals surface area contributed by atoms with Crippen molar-refractivity contribution in [3.63, 3.8) is 0 Å². The molecule has 0 radical (unpaired) electrons. The Morgan fingerprint density at radius 1 is 1.43 bits per heavy atom. The van der Waals surface area contributed by atoms with Gasteiger partial charge in [-0.05, 0) is 0 Å². The van der Waals surface area contributed by atoms with Crippen LogP contribution in [0.1, 0.15) is 0 Å². The summed E-state index contributed by atoms with van der Waals surface area (Å²) >= 11 is 0. The summed E-state index contributed by atoms with van der Waals surface area (Å²) in [4.78, 5) is 0. The van der Waals surface area contributed by atoms with Crippen molar-refractivity contribution < 1.29 is 9.47 Å². The van der Waals surface area contributed by atoms with E-state index in [2.05, 4.69) is 10.4 Å². The number of hydrogen-bond donors (Lipinski definition) is 1. The largest absolute Gasteiger partial charge is 0.489 e. The van der Waals surface area contributed by atoms with E-state index in [-0.39, 0.29) is 0 Å². The first-order chi connectivity index (χ1) is 6.83. The fourth-order valence-electron chi connectivity index (χ4n) is 1.01. The zero-order valence-electron chi connectivity index (χ0n) is 8.69. The highest BCUT2D eigenvalue weighted by Crippen LogP contribution is 2.05. The third kappa shape index (κ3) is 4.25. The fourth-order valence-corrected chi connectivity index (χ4v) is 1.01. The second-order valence-corrected chi connectivity index (χ2v) is 2.94. The molecular weight excluding hydrogens is 182 g/mol. The Kier molecular flexibility index (Phi) is 5.03. The molecule has 1 aromatic heterocycles. The lowest BCUT2D eigenvalue weighted by molar-refractivity contribution is 0.197. The minimum Gasteiger partial charge on any atom is -0.489 e. The van der Waals surface area contributed by atoms with Crippen LogP contribution in [-0.4, -0.2) is 43.2 Å². The number of ether oxygens (including phenoxy) is 2. The second kappa shape index (κ2) is 6.39. The van der Waals surface area contributed by atoms with Crippen LogP contribution in [0.15, 0.2) is 12.4 Å². The molecule has 1 N–H and O–H groups in total. The van der Waals surface area contributed by atoms with Crippen molar-refractivity contribution >= 4 is 0 Å². The minimum atomic E-state index is 0.648. The number of rotatable bonds is 7. The van der Waals surface area contributed by atoms with Crippen LogP contribution in [0.2, 0.25) is 0 Å². The van der Waals surface area contributed by atoms with E-state index in [1.165, 1.54) is 0 Å². The zero-order valence-corrected chi connectivity index (χ0v) is 8.69. The Morgan fingerprint density at radius 2 is 2.21 bits per heavy atom. The van der Waals surface area contributed by atoms with Gasteiger partial charge in [-0.15, -0.1) is 0 Å². The SMILES string of the molecule is COCCNCCOc1cnn(C)c1. The van der Waals surface area contributed by atoms with Crippen molar-refractivity contribution in [1.29, 1.82) is 0 Å². The lowest BCUT2D eigenvalue weighted by Crippen LogP contribution is -2.24. The van der Waals surface area contributed by atoms with Crippen LogP contribution in [0, 0.1) is 0 Å². The average molecular weight is 199 g/mol. The molecule has 0 bridgehead atoms. The number of hydrogen-bond acceptors (Lipinski definition) is 4. The number of aryl methyl sites for hydroxylation is 1. The van der Waals surface area contributed by atoms with Gasteiger partial charge in [0, 0.05) is 27.2 Å². The van der Waals surface area contributed by atoms with Crippen molar-refractivity contribution in [2.24, 2.45) is 7.05 Å². The Hall–Kier alpha value is -1.07. The lowest BCUT2D eigenvalue weighted by Gasteiger charge is -2.04. The molecule has 0 amide bonds. The van der Waals surface area contributed by atoms with Crippen molar-refractivity contribution in [1.82, 2.24) is 15.1 Å². The average Bonchev–Trinajstić information content (AvgIpc) is 2.58. The van der Waals surface area contributed by atoms with Crippen molar-refractivity contribution in [2.75, 3.05) is 33.4 Å². The van der Waals surface area contributed by atoms with Gasteiger partial charge in [-0.25, -0.2) is 0 Å². The monoisotopic (exact) mass is 199 g/mol. The third-order valence-corrected chi connectivity index (χ3v) is 1.71. The molecule has 0 saturated heterocycles. The van der Waals surface area contributed by atoms with Crippen LogP contribution in [0.4, 0.5) is 0 Å². The van der Waals surface area contributed by atoms with Crippen molar-refractivity contribution in [2.45, 2.75) is 0 Å². The summed E-state index contributed by atoms with van der Waals surface area (Å²) < 4.78 is 12.0. The molecule has 0 aliphatic rings. The minimum absolute atomic E-state index is 0.648. The van der Waals surface area contributed by atoms with E-state index in [0.717, 1.165) is 25.4 Å². The Morgan fingerprint density at radius 3 is 2.86 bits per heavy atom. The standard InChI is InChI=1S/C9H17N3O2/c1-12-8-9(7-11-12)14-6-4-10-3-5-13-2/h7-8,10H,3-6H2,1-2H3. The highest BCUT2D eigenvalue weighted by Gasteiger charge is 1.95. The molecule has 0 spiro atoms. The lowest BCUT2D eigenvalue weighted by atomic mass is 10.6. The Bertz CT molecular complexity index is 250. The second-order valence-electron chi connectivity index (χ2n) is 2.94. The molecule has 14 heavy (non-hydrogen) atoms. The predicted octanol–water partition coefficient (Wildman–Crippen LogP) is 0.0349. The van der Waals surface area contributed by atoms with E-state index in [1.54, 1.807) is 18.0 Å². The van der Waals surface area contributed by atoms with Crippen LogP contribution in [0.25, 0.3) is 0 Å². The molecule has 5 heteroatoms. The highest BCUT2D eigenvalue weighted by molar-refractivity contribution is 5.11. The molecular formula is C9H17N3O2. The van der Waals surface area contributed by atoms with E-state index in [1.807, 2.05) is 13.2 Å². The highest BCUT2D eigenvalue weighted by atomic mass is 16.5. The van der Waals surface area contributed by atoms with Gasteiger partial charge in [-0.1, -0.05) is 0 Å². The van der Waals surface area contributed by atoms with Crippen molar-refractivity contribution in [3.8, 4) is 5.75 Å². The molecule has 0 fully saturated rings. The summed E-state index contributed by atoms with van der Waals surface area (Å²) in [6.07, 6.45) is 3.55. The number of nitrogens with zero attached hydrogens (tertiary/aromatic N) is 2. The van der Waals surface area contributed by atoms with Crippen LogP contribution in [0.5, 0.6) is 5.75 Å². The molecule has 1 aromatic rings. The van der Waals surface area contributed by atoms with Gasteiger partial charge in [0.2, 0.25) is 0 Å². The maximum absolute atomic E-state index is 5.42. The number of methoxy groups -OCH3 is 1. The van der Waals surface area contributed by atoms with Gasteiger partial charge in [0.25, 0.3) is 0 Å². The summed E-state index contributed by atoms with van der Waals surface area (Å²) in [5.74, 6) is 0.807. The Labute approximate surface area is 84.0 Å². The zero-order chi connectivity index (χ0) is 10.2. The van der Waals surface area contributed by atoms with Gasteiger partial charge in [-0.2, -0.15) is 5.10 Å². The molecule has 1 rings (SSSR count). The number of aromatic nitrogens is 2. The Balaban J connectivity index is 1.99. The first-order valence-corrected chi connectivity index (χ1v) is 4.64. The summed E-state index contributed by atoms with van der Waals surface area (Å²) in [6, 6.07) is 0. The normalized spacial score (nSPS) is 10.4. The van der Waals surface area contributed by atoms with Crippen LogP contribution in [0.3, 0.4) is 0 Å². The summed E-state index contributed by atoms with van der Waals surface area (Å²) in [6.45, 7) is 3.05. The predicted molar refractivity (Wildman–Crippen MR) is 53.4 cm³/mol. The van der Waals surface area contributed by atoms with E-state index >= 15 is 0 Å². The summed E-state index contributed by atoms with van der Waals surface area (Å²) in [5, 5.41) is 7.18. The fraction of sp³-hybridized carbons (Fsp3) is 0.667. The van der Waals surface area contributed by atoms with Gasteiger partial charge >= 0.3 is 0 Å². The first-order valence-electron chi connectivity index (χ1n) is 4.64. The summed E-state index contributed by atoms with van der Waals surface area (Å²) in [7, 11) is 3.55. The topological polar surface area (TPSA) is 48.3 Å². The maximum Gasteiger partial charge on any atom is 0.157 e. The van der Waals surface area contributed by atoms with Gasteiger partial charge in [-0.3, -0.25) is 4.68 Å². The van der Waals surface area contributed by atoms with Gasteiger partial charge < -0.3 is 14.8 Å². The molecule has 0 aliphatic heterocycles. The molecule has 80 valence electrons. The quantitative estimate of drug-likeness (QED) is 0.630. The number of nitrogens with one attached hydrogen (secondary N) is 1. The van der Waals surface area contributed by atoms with Gasteiger partial charge in [0.15, 0.2) is 5.75 Å². The molecule has 0 aliphatic carbocycles. The molecule has 5 nitrogen and oxygen atoms in total. The molecule has 0 saturated carbocycles. The van der Waals surface area contributed by atoms with E-state index < -0.39 is 0 Å². The third-order valence-electron chi connectivity index (χ3n) is 1.71. The molecule has 0 aromatic carbocycles. The molecule has 1 heterocycles. The van der Waals surface area contributed by atoms with Crippen LogP contribution in [-0.2, 0) is 11.8 Å². The molecule has 0 unspecified atom stereocenters. The van der Waals surface area contributed by atoms with E-state index in [4.69, 9.17) is 9.47 Å². The smallest absolute Gasteiger partial charge is 0.157 e. The van der Waals surface area contributed by atoms with Gasteiger partial charge in [0.05, 0.1) is 19.0 Å². The van der Waals surface area contributed by atoms with E-state index in [0.29, 0.717) is 6.61 Å². The van der Waals surface area contributed by atoms with Crippen molar-refractivity contribution in [3.05, 3.63) is 12.4 Å².